The van der Waals surface area contributed by atoms with Crippen molar-refractivity contribution in [2.75, 3.05) is 37.6 Å². The molecule has 1 aliphatic carbocycles. The van der Waals surface area contributed by atoms with Crippen LogP contribution in [0, 0.1) is 17.6 Å². The molecule has 9 heteroatoms. The van der Waals surface area contributed by atoms with Crippen LogP contribution in [0.1, 0.15) is 44.9 Å². The summed E-state index contributed by atoms with van der Waals surface area (Å²) in [6, 6.07) is 2.86. The molecular formula is C22H31ClF2N4O2. The van der Waals surface area contributed by atoms with Gasteiger partial charge in [0.15, 0.2) is 5.82 Å². The van der Waals surface area contributed by atoms with Crippen LogP contribution < -0.4 is 16.0 Å². The number of amides is 2. The summed E-state index contributed by atoms with van der Waals surface area (Å²) in [5.74, 6) is -1.33. The van der Waals surface area contributed by atoms with Crippen molar-refractivity contribution in [2.45, 2.75) is 51.0 Å². The first-order chi connectivity index (χ1) is 14.8. The molecule has 172 valence electrons. The fraction of sp³-hybridized carbons (Fsp3) is 0.636. The normalized spacial score (nSPS) is 22.4. The van der Waals surface area contributed by atoms with Gasteiger partial charge in [0.25, 0.3) is 0 Å². The Balaban J connectivity index is 1.34. The smallest absolute Gasteiger partial charge is 0.220 e. The number of hydrogen-bond donors (Lipinski definition) is 2. The van der Waals surface area contributed by atoms with E-state index in [9.17, 15) is 18.4 Å². The number of piperazine rings is 1. The van der Waals surface area contributed by atoms with Crippen molar-refractivity contribution in [1.82, 2.24) is 10.2 Å². The van der Waals surface area contributed by atoms with E-state index in [2.05, 4.69) is 10.2 Å². The fourth-order valence-electron chi connectivity index (χ4n) is 4.47. The Morgan fingerprint density at radius 2 is 1.74 bits per heavy atom. The first kappa shape index (κ1) is 23.7. The third kappa shape index (κ3) is 6.77. The highest BCUT2D eigenvalue weighted by Crippen LogP contribution is 2.30. The lowest BCUT2D eigenvalue weighted by atomic mass is 9.84. The van der Waals surface area contributed by atoms with E-state index in [-0.39, 0.29) is 24.8 Å². The number of carbonyl (C=O) groups excluding carboxylic acids is 2. The molecule has 31 heavy (non-hydrogen) atoms. The van der Waals surface area contributed by atoms with Crippen molar-refractivity contribution in [2.24, 2.45) is 11.7 Å². The maximum atomic E-state index is 14.3. The second-order valence-electron chi connectivity index (χ2n) is 8.56. The van der Waals surface area contributed by atoms with Crippen molar-refractivity contribution < 1.29 is 18.4 Å². The predicted octanol–water partition coefficient (Wildman–Crippen LogP) is 3.07. The van der Waals surface area contributed by atoms with Crippen LogP contribution in [0.25, 0.3) is 0 Å². The van der Waals surface area contributed by atoms with Gasteiger partial charge in [-0.1, -0.05) is 11.6 Å². The minimum Gasteiger partial charge on any atom is -0.370 e. The highest BCUT2D eigenvalue weighted by molar-refractivity contribution is 6.31. The first-order valence-corrected chi connectivity index (χ1v) is 11.4. The molecule has 1 saturated carbocycles. The summed E-state index contributed by atoms with van der Waals surface area (Å²) in [7, 11) is 0. The number of rotatable bonds is 8. The molecule has 0 unspecified atom stereocenters. The Kier molecular flexibility index (Phi) is 8.49. The van der Waals surface area contributed by atoms with Gasteiger partial charge in [0.05, 0.1) is 5.69 Å². The topological polar surface area (TPSA) is 78.7 Å². The molecule has 0 bridgehead atoms. The van der Waals surface area contributed by atoms with Crippen molar-refractivity contribution in [3.8, 4) is 0 Å². The number of carbonyl (C=O) groups is 2. The molecule has 3 N–H and O–H groups in total. The van der Waals surface area contributed by atoms with Crippen molar-refractivity contribution in [1.29, 1.82) is 0 Å². The molecule has 1 heterocycles. The number of anilines is 1. The zero-order chi connectivity index (χ0) is 22.4. The van der Waals surface area contributed by atoms with E-state index in [0.717, 1.165) is 51.7 Å². The van der Waals surface area contributed by atoms with Gasteiger partial charge in [-0.15, -0.1) is 0 Å². The van der Waals surface area contributed by atoms with Crippen LogP contribution in [-0.2, 0) is 9.59 Å². The van der Waals surface area contributed by atoms with Crippen LogP contribution in [0.5, 0.6) is 0 Å². The molecule has 2 fully saturated rings. The maximum absolute atomic E-state index is 14.3. The summed E-state index contributed by atoms with van der Waals surface area (Å²) < 4.78 is 27.6. The van der Waals surface area contributed by atoms with Gasteiger partial charge in [-0.25, -0.2) is 8.78 Å². The number of nitrogens with zero attached hydrogens (tertiary/aromatic N) is 2. The van der Waals surface area contributed by atoms with E-state index < -0.39 is 22.6 Å². The number of hydrogen-bond acceptors (Lipinski definition) is 4. The van der Waals surface area contributed by atoms with E-state index >= 15 is 0 Å². The lowest BCUT2D eigenvalue weighted by Crippen LogP contribution is -2.47. The summed E-state index contributed by atoms with van der Waals surface area (Å²) in [6.07, 6.45) is 5.46. The van der Waals surface area contributed by atoms with Crippen molar-refractivity contribution >= 4 is 29.1 Å². The van der Waals surface area contributed by atoms with Gasteiger partial charge in [-0.05, 0) is 56.7 Å². The number of benzene rings is 1. The maximum Gasteiger partial charge on any atom is 0.220 e. The van der Waals surface area contributed by atoms with Gasteiger partial charge in [0.2, 0.25) is 11.8 Å². The molecule has 1 aromatic rings. The molecule has 0 spiro atoms. The Hall–Kier alpha value is -1.93. The highest BCUT2D eigenvalue weighted by Gasteiger charge is 2.25. The molecule has 6 nitrogen and oxygen atoms in total. The minimum atomic E-state index is -0.735. The average Bonchev–Trinajstić information content (AvgIpc) is 2.76. The van der Waals surface area contributed by atoms with E-state index in [1.54, 1.807) is 0 Å². The van der Waals surface area contributed by atoms with Crippen LogP contribution in [0.4, 0.5) is 14.5 Å². The Bertz CT molecular complexity index is 779. The van der Waals surface area contributed by atoms with Crippen LogP contribution >= 0.6 is 11.6 Å². The largest absolute Gasteiger partial charge is 0.370 e. The zero-order valence-corrected chi connectivity index (χ0v) is 18.5. The second-order valence-corrected chi connectivity index (χ2v) is 8.94. The van der Waals surface area contributed by atoms with Gasteiger partial charge < -0.3 is 16.0 Å². The molecule has 0 aromatic heterocycles. The highest BCUT2D eigenvalue weighted by atomic mass is 35.5. The van der Waals surface area contributed by atoms with E-state index in [0.29, 0.717) is 24.7 Å². The van der Waals surface area contributed by atoms with Crippen LogP contribution in [-0.4, -0.2) is 55.5 Å². The third-order valence-corrected chi connectivity index (χ3v) is 6.74. The Labute approximate surface area is 187 Å². The molecule has 1 aromatic carbocycles. The Morgan fingerprint density at radius 1 is 1.06 bits per heavy atom. The van der Waals surface area contributed by atoms with Gasteiger partial charge in [-0.2, -0.15) is 0 Å². The minimum absolute atomic E-state index is 0.0925. The summed E-state index contributed by atoms with van der Waals surface area (Å²) in [4.78, 5) is 26.9. The van der Waals surface area contributed by atoms with Gasteiger partial charge in [0, 0.05) is 45.1 Å². The molecule has 2 aliphatic rings. The lowest BCUT2D eigenvalue weighted by Gasteiger charge is -2.37. The first-order valence-electron chi connectivity index (χ1n) is 11.0. The third-order valence-electron chi connectivity index (χ3n) is 6.39. The fourth-order valence-corrected chi connectivity index (χ4v) is 4.63. The van der Waals surface area contributed by atoms with Crippen LogP contribution in [0.15, 0.2) is 12.1 Å². The van der Waals surface area contributed by atoms with E-state index in [1.807, 2.05) is 4.90 Å². The standard InChI is InChI=1S/C22H31ClF2N4O2/c23-21-17(24)5-6-18(22(21)25)29-13-11-28(12-14-29)10-9-15-1-3-16(4-2-15)27-20(31)8-7-19(26)30/h5-6,15-16H,1-4,7-14H2,(H2,26,30)(H,27,31)/t15-,16-. The molecule has 1 saturated heterocycles. The summed E-state index contributed by atoms with van der Waals surface area (Å²) in [6.45, 7) is 4.03. The van der Waals surface area contributed by atoms with Crippen LogP contribution in [0.3, 0.4) is 0 Å². The quantitative estimate of drug-likeness (QED) is 0.589. The van der Waals surface area contributed by atoms with Crippen LogP contribution in [0.2, 0.25) is 5.02 Å². The van der Waals surface area contributed by atoms with Crippen molar-refractivity contribution in [3.05, 3.63) is 28.8 Å². The van der Waals surface area contributed by atoms with E-state index in [4.69, 9.17) is 17.3 Å². The van der Waals surface area contributed by atoms with Gasteiger partial charge >= 0.3 is 0 Å². The number of nitrogens with two attached hydrogens (primary N) is 1. The summed E-state index contributed by atoms with van der Waals surface area (Å²) in [5, 5.41) is 2.56. The molecular weight excluding hydrogens is 426 g/mol. The molecule has 1 aliphatic heterocycles. The lowest BCUT2D eigenvalue weighted by molar-refractivity contribution is -0.125. The van der Waals surface area contributed by atoms with Gasteiger partial charge in [-0.3, -0.25) is 14.5 Å². The molecule has 3 rings (SSSR count). The summed E-state index contributed by atoms with van der Waals surface area (Å²) in [5.41, 5.74) is 5.44. The second kappa shape index (κ2) is 11.1. The molecule has 2 amide bonds. The number of nitrogens with one attached hydrogen (secondary N) is 1. The average molecular weight is 457 g/mol. The Morgan fingerprint density at radius 3 is 2.39 bits per heavy atom. The van der Waals surface area contributed by atoms with Gasteiger partial charge in [0.1, 0.15) is 10.8 Å². The molecule has 0 radical (unpaired) electrons. The zero-order valence-electron chi connectivity index (χ0n) is 17.7. The number of halogens is 3. The monoisotopic (exact) mass is 456 g/mol. The van der Waals surface area contributed by atoms with Crippen molar-refractivity contribution in [3.63, 3.8) is 0 Å². The summed E-state index contributed by atoms with van der Waals surface area (Å²) >= 11 is 5.70. The predicted molar refractivity (Wildman–Crippen MR) is 117 cm³/mol. The van der Waals surface area contributed by atoms with E-state index in [1.165, 1.54) is 12.1 Å². The molecule has 0 atom stereocenters. The number of primary amides is 1. The SMILES string of the molecule is NC(=O)CCC(=O)N[C@H]1CC[C@H](CCN2CCN(c3ccc(F)c(Cl)c3F)CC2)CC1.